The Morgan fingerprint density at radius 3 is 2.62 bits per heavy atom. The number of piperidine rings is 1. The van der Waals surface area contributed by atoms with Gasteiger partial charge < -0.3 is 9.64 Å². The molecule has 0 spiro atoms. The Labute approximate surface area is 127 Å². The van der Waals surface area contributed by atoms with E-state index in [1.165, 1.54) is 12.0 Å². The maximum Gasteiger partial charge on any atom is 0.333 e. The monoisotopic (exact) mass is 287 g/mol. The first kappa shape index (κ1) is 15.6. The topological polar surface area (TPSA) is 29.5 Å². The minimum absolute atomic E-state index is 0.238. The van der Waals surface area contributed by atoms with Crippen LogP contribution in [0.4, 0.5) is 0 Å². The van der Waals surface area contributed by atoms with Gasteiger partial charge in [0.2, 0.25) is 0 Å². The summed E-state index contributed by atoms with van der Waals surface area (Å²) in [4.78, 5) is 14.3. The third-order valence-corrected chi connectivity index (χ3v) is 3.42. The highest BCUT2D eigenvalue weighted by Crippen LogP contribution is 2.23. The quantitative estimate of drug-likeness (QED) is 0.624. The molecule has 1 aliphatic rings. The molecule has 1 aromatic carbocycles. The van der Waals surface area contributed by atoms with Gasteiger partial charge >= 0.3 is 5.97 Å². The maximum atomic E-state index is 12.0. The van der Waals surface area contributed by atoms with Crippen LogP contribution in [0.15, 0.2) is 42.1 Å². The van der Waals surface area contributed by atoms with E-state index in [1.54, 1.807) is 6.08 Å². The van der Waals surface area contributed by atoms with Crippen molar-refractivity contribution >= 4 is 5.97 Å². The van der Waals surface area contributed by atoms with Crippen molar-refractivity contribution in [1.82, 2.24) is 4.90 Å². The van der Waals surface area contributed by atoms with Gasteiger partial charge in [-0.3, -0.25) is 0 Å². The Balaban J connectivity index is 2.06. The second-order valence-corrected chi connectivity index (χ2v) is 6.53. The van der Waals surface area contributed by atoms with Crippen molar-refractivity contribution in [3.05, 3.63) is 47.7 Å². The predicted molar refractivity (Wildman–Crippen MR) is 84.6 cm³/mol. The highest BCUT2D eigenvalue weighted by molar-refractivity contribution is 5.83. The van der Waals surface area contributed by atoms with E-state index >= 15 is 0 Å². The number of benzene rings is 1. The molecule has 0 unspecified atom stereocenters. The number of hydrogen-bond acceptors (Lipinski definition) is 3. The van der Waals surface area contributed by atoms with E-state index in [4.69, 9.17) is 4.74 Å². The lowest BCUT2D eigenvalue weighted by Gasteiger charge is -2.32. The van der Waals surface area contributed by atoms with Crippen LogP contribution in [0, 0.1) is 0 Å². The third-order valence-electron chi connectivity index (χ3n) is 3.42. The Hall–Kier alpha value is -1.77. The Bertz CT molecular complexity index is 500. The van der Waals surface area contributed by atoms with E-state index in [0.29, 0.717) is 0 Å². The van der Waals surface area contributed by atoms with Crippen molar-refractivity contribution in [2.45, 2.75) is 52.2 Å². The smallest absolute Gasteiger partial charge is 0.333 e. The van der Waals surface area contributed by atoms with Gasteiger partial charge in [-0.2, -0.15) is 0 Å². The molecular formula is C18H25NO2. The fourth-order valence-electron chi connectivity index (χ4n) is 2.53. The molecular weight excluding hydrogens is 262 g/mol. The molecule has 0 aliphatic carbocycles. The first-order valence-corrected chi connectivity index (χ1v) is 7.66. The number of esters is 1. The largest absolute Gasteiger partial charge is 0.457 e. The highest BCUT2D eigenvalue weighted by Gasteiger charge is 2.19. The van der Waals surface area contributed by atoms with E-state index < -0.39 is 5.60 Å². The van der Waals surface area contributed by atoms with Crippen molar-refractivity contribution in [2.24, 2.45) is 0 Å². The minimum atomic E-state index is -0.437. The van der Waals surface area contributed by atoms with E-state index in [9.17, 15) is 4.79 Å². The number of hydrogen-bond donors (Lipinski definition) is 0. The number of carbonyl (C=O) groups is 1. The molecule has 0 bridgehead atoms. The molecule has 0 N–H and O–H groups in total. The fourth-order valence-corrected chi connectivity index (χ4v) is 2.53. The molecule has 1 saturated heterocycles. The third kappa shape index (κ3) is 5.25. The van der Waals surface area contributed by atoms with Gasteiger partial charge in [0.15, 0.2) is 0 Å². The lowest BCUT2D eigenvalue weighted by Crippen LogP contribution is -2.29. The Kier molecular flexibility index (Phi) is 5.05. The number of carbonyl (C=O) groups excluding carboxylic acids is 1. The zero-order valence-electron chi connectivity index (χ0n) is 13.3. The lowest BCUT2D eigenvalue weighted by molar-refractivity contribution is -0.148. The van der Waals surface area contributed by atoms with Crippen LogP contribution in [0.25, 0.3) is 0 Å². The molecule has 21 heavy (non-hydrogen) atoms. The van der Waals surface area contributed by atoms with Gasteiger partial charge in [-0.15, -0.1) is 0 Å². The molecule has 2 rings (SSSR count). The number of rotatable bonds is 3. The van der Waals surface area contributed by atoms with Gasteiger partial charge in [0.25, 0.3) is 0 Å². The summed E-state index contributed by atoms with van der Waals surface area (Å²) in [6.07, 6.45) is 4.94. The molecule has 1 heterocycles. The molecule has 1 aromatic rings. The summed E-state index contributed by atoms with van der Waals surface area (Å²) in [5, 5.41) is 0. The van der Waals surface area contributed by atoms with Crippen LogP contribution < -0.4 is 0 Å². The molecule has 0 atom stereocenters. The van der Waals surface area contributed by atoms with Crippen molar-refractivity contribution in [3.8, 4) is 0 Å². The summed E-state index contributed by atoms with van der Waals surface area (Å²) in [5.74, 6) is -0.238. The van der Waals surface area contributed by atoms with Gasteiger partial charge in [0.1, 0.15) is 5.60 Å². The average molecular weight is 287 g/mol. The average Bonchev–Trinajstić information content (AvgIpc) is 2.40. The Morgan fingerprint density at radius 1 is 1.24 bits per heavy atom. The molecule has 114 valence electrons. The minimum Gasteiger partial charge on any atom is -0.457 e. The summed E-state index contributed by atoms with van der Waals surface area (Å²) in [6, 6.07) is 10.4. The zero-order valence-corrected chi connectivity index (χ0v) is 13.3. The Morgan fingerprint density at radius 2 is 1.95 bits per heavy atom. The van der Waals surface area contributed by atoms with Crippen LogP contribution in [0.5, 0.6) is 0 Å². The van der Waals surface area contributed by atoms with Gasteiger partial charge in [-0.1, -0.05) is 30.3 Å². The van der Waals surface area contributed by atoms with E-state index in [-0.39, 0.29) is 5.97 Å². The van der Waals surface area contributed by atoms with Gasteiger partial charge in [-0.05, 0) is 45.6 Å². The standard InChI is InChI=1S/C18H25NO2/c1-18(2,3)21-17(20)13-16-11-7-8-12-19(16)14-15-9-5-4-6-10-15/h4-6,9-10,13H,7-8,11-12,14H2,1-3H3/b16-13+. The summed E-state index contributed by atoms with van der Waals surface area (Å²) in [5.41, 5.74) is 1.93. The SMILES string of the molecule is CC(C)(C)OC(=O)/C=C1\CCCCN1Cc1ccccc1. The molecule has 0 saturated carbocycles. The molecule has 1 fully saturated rings. The predicted octanol–water partition coefficient (Wildman–Crippen LogP) is 3.90. The number of ether oxygens (including phenoxy) is 1. The van der Waals surface area contributed by atoms with Crippen molar-refractivity contribution in [1.29, 1.82) is 0 Å². The number of nitrogens with zero attached hydrogens (tertiary/aromatic N) is 1. The summed E-state index contributed by atoms with van der Waals surface area (Å²) >= 11 is 0. The van der Waals surface area contributed by atoms with E-state index in [0.717, 1.165) is 31.6 Å². The van der Waals surface area contributed by atoms with Gasteiger partial charge in [-0.25, -0.2) is 4.79 Å². The first-order chi connectivity index (χ1) is 9.94. The van der Waals surface area contributed by atoms with Crippen LogP contribution in [-0.4, -0.2) is 23.0 Å². The van der Waals surface area contributed by atoms with Crippen molar-refractivity contribution < 1.29 is 9.53 Å². The number of allylic oxidation sites excluding steroid dienone is 1. The maximum absolute atomic E-state index is 12.0. The van der Waals surface area contributed by atoms with Gasteiger partial charge in [0.05, 0.1) is 0 Å². The number of likely N-dealkylation sites (tertiary alicyclic amines) is 1. The lowest BCUT2D eigenvalue weighted by atomic mass is 10.1. The molecule has 3 nitrogen and oxygen atoms in total. The fraction of sp³-hybridized carbons (Fsp3) is 0.500. The van der Waals surface area contributed by atoms with Crippen LogP contribution in [0.3, 0.4) is 0 Å². The van der Waals surface area contributed by atoms with Crippen LogP contribution in [0.2, 0.25) is 0 Å². The van der Waals surface area contributed by atoms with Crippen LogP contribution in [-0.2, 0) is 16.1 Å². The first-order valence-electron chi connectivity index (χ1n) is 7.66. The molecule has 0 amide bonds. The highest BCUT2D eigenvalue weighted by atomic mass is 16.6. The van der Waals surface area contributed by atoms with Crippen LogP contribution >= 0.6 is 0 Å². The zero-order chi connectivity index (χ0) is 15.3. The summed E-state index contributed by atoms with van der Waals surface area (Å²) < 4.78 is 5.40. The van der Waals surface area contributed by atoms with Gasteiger partial charge in [0, 0.05) is 24.9 Å². The molecule has 0 aromatic heterocycles. The normalized spacial score (nSPS) is 17.9. The van der Waals surface area contributed by atoms with Crippen LogP contribution in [0.1, 0.15) is 45.6 Å². The van der Waals surface area contributed by atoms with E-state index in [1.807, 2.05) is 26.8 Å². The van der Waals surface area contributed by atoms with Crippen molar-refractivity contribution in [2.75, 3.05) is 6.54 Å². The summed E-state index contributed by atoms with van der Waals surface area (Å²) in [6.45, 7) is 7.54. The molecule has 0 radical (unpaired) electrons. The van der Waals surface area contributed by atoms with Crippen molar-refractivity contribution in [3.63, 3.8) is 0 Å². The molecule has 1 aliphatic heterocycles. The second-order valence-electron chi connectivity index (χ2n) is 6.53. The molecule has 3 heteroatoms. The second kappa shape index (κ2) is 6.79. The summed E-state index contributed by atoms with van der Waals surface area (Å²) in [7, 11) is 0. The van der Waals surface area contributed by atoms with E-state index in [2.05, 4.69) is 29.2 Å².